The molecule has 4 nitrogen and oxygen atoms in total. The van der Waals surface area contributed by atoms with Gasteiger partial charge in [0.05, 0.1) is 24.4 Å². The number of hydrogen-bond donors (Lipinski definition) is 0. The monoisotopic (exact) mass is 540 g/mol. The second-order valence-corrected chi connectivity index (χ2v) is 12.4. The molecule has 4 aliphatic rings. The van der Waals surface area contributed by atoms with Crippen LogP contribution >= 0.6 is 0 Å². The van der Waals surface area contributed by atoms with E-state index in [9.17, 15) is 4.39 Å². The van der Waals surface area contributed by atoms with Crippen LogP contribution in [0.5, 0.6) is 0 Å². The molecule has 210 valence electrons. The van der Waals surface area contributed by atoms with Gasteiger partial charge in [0.15, 0.2) is 0 Å². The number of benzene rings is 3. The van der Waals surface area contributed by atoms with Crippen molar-refractivity contribution in [3.8, 4) is 0 Å². The standard InChI is InChI=1S/C35H41FN2O2/c36-31-11-9-27(10-12-31)28(13-19-37-21-15-34(16-22-37)32-7-3-1-5-29(32)25-39-34)14-20-38-23-17-35(18-24-38)33-8-4-2-6-30(33)26-40-35/h1-12,28H,13-26H2. The summed E-state index contributed by atoms with van der Waals surface area (Å²) >= 11 is 0. The zero-order valence-electron chi connectivity index (χ0n) is 23.5. The highest BCUT2D eigenvalue weighted by molar-refractivity contribution is 5.37. The Balaban J connectivity index is 0.951. The van der Waals surface area contributed by atoms with Crippen LogP contribution in [-0.2, 0) is 33.9 Å². The average Bonchev–Trinajstić information content (AvgIpc) is 3.54. The van der Waals surface area contributed by atoms with E-state index in [1.807, 2.05) is 12.1 Å². The fourth-order valence-corrected chi connectivity index (χ4v) is 7.76. The number of ether oxygens (including phenoxy) is 2. The van der Waals surface area contributed by atoms with E-state index in [1.165, 1.54) is 27.8 Å². The number of fused-ring (bicyclic) bond motifs is 4. The van der Waals surface area contributed by atoms with Crippen LogP contribution in [0, 0.1) is 5.82 Å². The van der Waals surface area contributed by atoms with Gasteiger partial charge in [-0.3, -0.25) is 0 Å². The van der Waals surface area contributed by atoms with Crippen LogP contribution in [0.4, 0.5) is 4.39 Å². The second kappa shape index (κ2) is 11.0. The fourth-order valence-electron chi connectivity index (χ4n) is 7.76. The normalized spacial score (nSPS) is 21.8. The van der Waals surface area contributed by atoms with Crippen molar-refractivity contribution in [3.05, 3.63) is 106 Å². The Morgan fingerprint density at radius 3 is 1.55 bits per heavy atom. The lowest BCUT2D eigenvalue weighted by atomic mass is 9.83. The first-order valence-electron chi connectivity index (χ1n) is 15.3. The predicted molar refractivity (Wildman–Crippen MR) is 156 cm³/mol. The first-order valence-corrected chi connectivity index (χ1v) is 15.3. The highest BCUT2D eigenvalue weighted by Gasteiger charge is 2.43. The summed E-state index contributed by atoms with van der Waals surface area (Å²) in [7, 11) is 0. The van der Waals surface area contributed by atoms with Crippen molar-refractivity contribution in [3.63, 3.8) is 0 Å². The topological polar surface area (TPSA) is 24.9 Å². The Bertz CT molecular complexity index is 1230. The summed E-state index contributed by atoms with van der Waals surface area (Å²) in [6.45, 7) is 7.93. The molecule has 0 bridgehead atoms. The van der Waals surface area contributed by atoms with Crippen molar-refractivity contribution < 1.29 is 13.9 Å². The fraction of sp³-hybridized carbons (Fsp3) is 0.486. The van der Waals surface area contributed by atoms with Crippen LogP contribution in [0.2, 0.25) is 0 Å². The zero-order valence-corrected chi connectivity index (χ0v) is 23.5. The van der Waals surface area contributed by atoms with Crippen LogP contribution in [0.3, 0.4) is 0 Å². The minimum absolute atomic E-state index is 0.0847. The molecule has 0 atom stereocenters. The molecule has 0 radical (unpaired) electrons. The van der Waals surface area contributed by atoms with E-state index in [0.29, 0.717) is 5.92 Å². The van der Waals surface area contributed by atoms with Gasteiger partial charge in [-0.05, 0) is 97.5 Å². The molecule has 2 saturated heterocycles. The molecule has 4 aliphatic heterocycles. The lowest BCUT2D eigenvalue weighted by Crippen LogP contribution is -2.43. The van der Waals surface area contributed by atoms with Crippen LogP contribution in [0.15, 0.2) is 72.8 Å². The van der Waals surface area contributed by atoms with E-state index in [4.69, 9.17) is 9.47 Å². The van der Waals surface area contributed by atoms with Gasteiger partial charge in [-0.25, -0.2) is 4.39 Å². The Morgan fingerprint density at radius 1 is 0.625 bits per heavy atom. The first kappa shape index (κ1) is 26.3. The number of piperidine rings is 2. The molecule has 0 aliphatic carbocycles. The van der Waals surface area contributed by atoms with Gasteiger partial charge < -0.3 is 19.3 Å². The molecule has 7 rings (SSSR count). The molecule has 0 N–H and O–H groups in total. The van der Waals surface area contributed by atoms with Gasteiger partial charge in [-0.2, -0.15) is 0 Å². The van der Waals surface area contributed by atoms with Gasteiger partial charge in [0.25, 0.3) is 0 Å². The third kappa shape index (κ3) is 5.02. The highest BCUT2D eigenvalue weighted by Crippen LogP contribution is 2.45. The van der Waals surface area contributed by atoms with Gasteiger partial charge in [-0.15, -0.1) is 0 Å². The summed E-state index contributed by atoms with van der Waals surface area (Å²) in [5, 5.41) is 0. The molecule has 2 spiro atoms. The van der Waals surface area contributed by atoms with E-state index in [0.717, 1.165) is 91.0 Å². The van der Waals surface area contributed by atoms with E-state index in [-0.39, 0.29) is 17.0 Å². The lowest BCUT2D eigenvalue weighted by molar-refractivity contribution is -0.0797. The summed E-state index contributed by atoms with van der Waals surface area (Å²) in [6.07, 6.45) is 6.45. The summed E-state index contributed by atoms with van der Waals surface area (Å²) in [5.74, 6) is 0.276. The second-order valence-electron chi connectivity index (χ2n) is 12.4. The lowest BCUT2D eigenvalue weighted by Gasteiger charge is -2.40. The minimum atomic E-state index is -0.154. The van der Waals surface area contributed by atoms with Crippen molar-refractivity contribution >= 4 is 0 Å². The summed E-state index contributed by atoms with van der Waals surface area (Å²) in [5.41, 5.74) is 6.64. The zero-order chi connectivity index (χ0) is 27.0. The molecule has 5 heteroatoms. The van der Waals surface area contributed by atoms with E-state index in [1.54, 1.807) is 12.1 Å². The van der Waals surface area contributed by atoms with Crippen LogP contribution < -0.4 is 0 Å². The van der Waals surface area contributed by atoms with Crippen molar-refractivity contribution in [2.45, 2.75) is 68.9 Å². The Labute approximate surface area is 238 Å². The largest absolute Gasteiger partial charge is 0.365 e. The number of rotatable bonds is 7. The summed E-state index contributed by atoms with van der Waals surface area (Å²) in [6, 6.07) is 24.8. The van der Waals surface area contributed by atoms with Gasteiger partial charge in [0.1, 0.15) is 5.82 Å². The minimum Gasteiger partial charge on any atom is -0.365 e. The smallest absolute Gasteiger partial charge is 0.123 e. The molecule has 0 unspecified atom stereocenters. The Morgan fingerprint density at radius 2 is 1.07 bits per heavy atom. The van der Waals surface area contributed by atoms with Gasteiger partial charge in [0, 0.05) is 26.2 Å². The average molecular weight is 541 g/mol. The van der Waals surface area contributed by atoms with Crippen LogP contribution in [0.25, 0.3) is 0 Å². The van der Waals surface area contributed by atoms with Crippen molar-refractivity contribution in [1.82, 2.24) is 9.80 Å². The third-order valence-electron chi connectivity index (χ3n) is 10.3. The molecular formula is C35H41FN2O2. The highest BCUT2D eigenvalue weighted by atomic mass is 19.1. The number of likely N-dealkylation sites (tertiary alicyclic amines) is 2. The molecule has 0 aromatic heterocycles. The first-order chi connectivity index (χ1) is 19.6. The van der Waals surface area contributed by atoms with Crippen LogP contribution in [0.1, 0.15) is 72.3 Å². The van der Waals surface area contributed by atoms with Crippen molar-refractivity contribution in [2.75, 3.05) is 39.3 Å². The molecular weight excluding hydrogens is 499 g/mol. The van der Waals surface area contributed by atoms with E-state index in [2.05, 4.69) is 58.3 Å². The molecule has 3 aromatic rings. The quantitative estimate of drug-likeness (QED) is 0.332. The molecule has 0 amide bonds. The molecule has 2 fully saturated rings. The van der Waals surface area contributed by atoms with E-state index < -0.39 is 0 Å². The molecule has 0 saturated carbocycles. The van der Waals surface area contributed by atoms with Crippen LogP contribution in [-0.4, -0.2) is 49.1 Å². The van der Waals surface area contributed by atoms with E-state index >= 15 is 0 Å². The van der Waals surface area contributed by atoms with Crippen molar-refractivity contribution in [2.24, 2.45) is 0 Å². The third-order valence-corrected chi connectivity index (χ3v) is 10.3. The summed E-state index contributed by atoms with van der Waals surface area (Å²) in [4.78, 5) is 5.23. The molecule has 40 heavy (non-hydrogen) atoms. The maximum atomic E-state index is 13.8. The van der Waals surface area contributed by atoms with Gasteiger partial charge in [0.2, 0.25) is 0 Å². The maximum Gasteiger partial charge on any atom is 0.123 e. The molecule has 4 heterocycles. The number of hydrogen-bond acceptors (Lipinski definition) is 4. The van der Waals surface area contributed by atoms with Gasteiger partial charge in [-0.1, -0.05) is 60.7 Å². The molecule has 3 aromatic carbocycles. The number of halogens is 1. The van der Waals surface area contributed by atoms with Gasteiger partial charge >= 0.3 is 0 Å². The summed E-state index contributed by atoms with van der Waals surface area (Å²) < 4.78 is 26.5. The SMILES string of the molecule is Fc1ccc(C(CCN2CCC3(CC2)OCc2ccccc23)CCN2CCC3(CC2)OCc2ccccc23)cc1. The van der Waals surface area contributed by atoms with Crippen molar-refractivity contribution in [1.29, 1.82) is 0 Å². The Hall–Kier alpha value is -2.57. The Kier molecular flexibility index (Phi) is 7.25. The predicted octanol–water partition coefficient (Wildman–Crippen LogP) is 6.73. The number of nitrogens with zero attached hydrogens (tertiary/aromatic N) is 2. The maximum absolute atomic E-state index is 13.8.